The van der Waals surface area contributed by atoms with E-state index in [9.17, 15) is 0 Å². The fourth-order valence-electron chi connectivity index (χ4n) is 1.01. The lowest BCUT2D eigenvalue weighted by Gasteiger charge is -1.93. The van der Waals surface area contributed by atoms with Crippen LogP contribution in [-0.2, 0) is 6.54 Å². The first-order valence-electron chi connectivity index (χ1n) is 3.42. The monoisotopic (exact) mass is 164 g/mol. The van der Waals surface area contributed by atoms with Crippen LogP contribution in [0.15, 0.2) is 23.7 Å². The van der Waals surface area contributed by atoms with E-state index in [1.165, 1.54) is 10.1 Å². The summed E-state index contributed by atoms with van der Waals surface area (Å²) in [6.45, 7) is 0.522. The summed E-state index contributed by atoms with van der Waals surface area (Å²) < 4.78 is 1.26. The second-order valence-corrected chi connectivity index (χ2v) is 3.29. The van der Waals surface area contributed by atoms with Gasteiger partial charge in [0.15, 0.2) is 0 Å². The molecule has 0 saturated heterocycles. The lowest BCUT2D eigenvalue weighted by molar-refractivity contribution is 0.999. The highest BCUT2D eigenvalue weighted by Crippen LogP contribution is 2.19. The number of fused-ring (bicyclic) bond motifs is 1. The second-order valence-electron chi connectivity index (χ2n) is 2.34. The van der Waals surface area contributed by atoms with Gasteiger partial charge in [-0.15, -0.1) is 11.3 Å². The molecule has 2 aromatic heterocycles. The van der Waals surface area contributed by atoms with Gasteiger partial charge in [0.2, 0.25) is 0 Å². The van der Waals surface area contributed by atoms with E-state index in [-0.39, 0.29) is 0 Å². The Balaban J connectivity index is 2.67. The molecule has 0 spiro atoms. The number of nitrogens with zero attached hydrogens (tertiary/aromatic N) is 1. The Kier molecular flexibility index (Phi) is 1.60. The molecule has 2 nitrogen and oxygen atoms in total. The SMILES string of the molecule is NCc1cc2sccc2cn1. The molecule has 0 atom stereocenters. The molecule has 0 aliphatic rings. The van der Waals surface area contributed by atoms with Crippen molar-refractivity contribution in [3.63, 3.8) is 0 Å². The number of rotatable bonds is 1. The molecule has 0 unspecified atom stereocenters. The first kappa shape index (κ1) is 6.76. The van der Waals surface area contributed by atoms with Crippen molar-refractivity contribution < 1.29 is 0 Å². The quantitative estimate of drug-likeness (QED) is 0.697. The predicted octanol–water partition coefficient (Wildman–Crippen LogP) is 1.75. The minimum absolute atomic E-state index is 0.522. The van der Waals surface area contributed by atoms with Crippen molar-refractivity contribution in [3.8, 4) is 0 Å². The van der Waals surface area contributed by atoms with Gasteiger partial charge < -0.3 is 5.73 Å². The third kappa shape index (κ3) is 1.13. The topological polar surface area (TPSA) is 38.9 Å². The first-order chi connectivity index (χ1) is 5.40. The molecule has 11 heavy (non-hydrogen) atoms. The van der Waals surface area contributed by atoms with Gasteiger partial charge >= 0.3 is 0 Å². The third-order valence-electron chi connectivity index (χ3n) is 1.60. The van der Waals surface area contributed by atoms with Crippen molar-refractivity contribution in [2.24, 2.45) is 5.73 Å². The maximum Gasteiger partial charge on any atom is 0.0553 e. The summed E-state index contributed by atoms with van der Waals surface area (Å²) in [5.41, 5.74) is 6.41. The fourth-order valence-corrected chi connectivity index (χ4v) is 1.83. The normalized spacial score (nSPS) is 10.6. The van der Waals surface area contributed by atoms with E-state index in [0.717, 1.165) is 5.69 Å². The number of nitrogens with two attached hydrogens (primary N) is 1. The molecule has 0 bridgehead atoms. The predicted molar refractivity (Wildman–Crippen MR) is 47.5 cm³/mol. The Hall–Kier alpha value is -0.930. The van der Waals surface area contributed by atoms with Crippen LogP contribution in [0.3, 0.4) is 0 Å². The summed E-state index contributed by atoms with van der Waals surface area (Å²) in [6.07, 6.45) is 1.87. The van der Waals surface area contributed by atoms with Crippen molar-refractivity contribution in [2.45, 2.75) is 6.54 Å². The van der Waals surface area contributed by atoms with Gasteiger partial charge in [-0.05, 0) is 17.5 Å². The smallest absolute Gasteiger partial charge is 0.0553 e. The van der Waals surface area contributed by atoms with Crippen LogP contribution in [0.1, 0.15) is 5.69 Å². The Labute approximate surface area is 68.7 Å². The molecule has 0 radical (unpaired) electrons. The number of thiophene rings is 1. The van der Waals surface area contributed by atoms with Crippen LogP contribution < -0.4 is 5.73 Å². The zero-order valence-corrected chi connectivity index (χ0v) is 6.77. The van der Waals surface area contributed by atoms with Gasteiger partial charge in [-0.1, -0.05) is 0 Å². The fraction of sp³-hybridized carbons (Fsp3) is 0.125. The van der Waals surface area contributed by atoms with E-state index in [1.807, 2.05) is 12.3 Å². The largest absolute Gasteiger partial charge is 0.325 e. The summed E-state index contributed by atoms with van der Waals surface area (Å²) in [4.78, 5) is 4.18. The molecule has 0 amide bonds. The van der Waals surface area contributed by atoms with E-state index < -0.39 is 0 Å². The van der Waals surface area contributed by atoms with Crippen LogP contribution >= 0.6 is 11.3 Å². The van der Waals surface area contributed by atoms with Gasteiger partial charge in [0.25, 0.3) is 0 Å². The summed E-state index contributed by atoms with van der Waals surface area (Å²) in [6, 6.07) is 4.10. The molecule has 0 aliphatic heterocycles. The summed E-state index contributed by atoms with van der Waals surface area (Å²) >= 11 is 1.72. The molecule has 0 fully saturated rings. The zero-order valence-electron chi connectivity index (χ0n) is 5.95. The van der Waals surface area contributed by atoms with Crippen molar-refractivity contribution >= 4 is 21.4 Å². The second kappa shape index (κ2) is 2.60. The Bertz CT molecular complexity index is 367. The van der Waals surface area contributed by atoms with Crippen LogP contribution in [0.2, 0.25) is 0 Å². The van der Waals surface area contributed by atoms with Crippen LogP contribution in [0, 0.1) is 0 Å². The standard InChI is InChI=1S/C8H8N2S/c9-4-7-3-8-6(5-10-7)1-2-11-8/h1-3,5H,4,9H2. The Morgan fingerprint density at radius 1 is 1.55 bits per heavy atom. The van der Waals surface area contributed by atoms with Gasteiger partial charge in [0.1, 0.15) is 0 Å². The van der Waals surface area contributed by atoms with Crippen molar-refractivity contribution in [3.05, 3.63) is 29.4 Å². The number of hydrogen-bond acceptors (Lipinski definition) is 3. The Morgan fingerprint density at radius 3 is 3.27 bits per heavy atom. The van der Waals surface area contributed by atoms with Gasteiger partial charge in [0, 0.05) is 22.8 Å². The average molecular weight is 164 g/mol. The molecule has 2 heterocycles. The minimum Gasteiger partial charge on any atom is -0.325 e. The lowest BCUT2D eigenvalue weighted by atomic mass is 10.3. The van der Waals surface area contributed by atoms with Gasteiger partial charge in [0.05, 0.1) is 5.69 Å². The number of pyridine rings is 1. The van der Waals surface area contributed by atoms with E-state index >= 15 is 0 Å². The van der Waals surface area contributed by atoms with Crippen molar-refractivity contribution in [1.82, 2.24) is 4.98 Å². The maximum atomic E-state index is 5.45. The lowest BCUT2D eigenvalue weighted by Crippen LogP contribution is -1.97. The van der Waals surface area contributed by atoms with Crippen LogP contribution in [0.5, 0.6) is 0 Å². The van der Waals surface area contributed by atoms with E-state index in [4.69, 9.17) is 5.73 Å². The summed E-state index contributed by atoms with van der Waals surface area (Å²) in [5, 5.41) is 3.26. The van der Waals surface area contributed by atoms with Gasteiger partial charge in [-0.25, -0.2) is 0 Å². The summed E-state index contributed by atoms with van der Waals surface area (Å²) in [7, 11) is 0. The van der Waals surface area contributed by atoms with Crippen LogP contribution in [-0.4, -0.2) is 4.98 Å². The van der Waals surface area contributed by atoms with Gasteiger partial charge in [-0.3, -0.25) is 4.98 Å². The molecular formula is C8H8N2S. The molecule has 2 aromatic rings. The Morgan fingerprint density at radius 2 is 2.45 bits per heavy atom. The third-order valence-corrected chi connectivity index (χ3v) is 2.48. The van der Waals surface area contributed by atoms with E-state index in [2.05, 4.69) is 16.4 Å². The average Bonchev–Trinajstić information content (AvgIpc) is 2.50. The van der Waals surface area contributed by atoms with Crippen LogP contribution in [0.25, 0.3) is 10.1 Å². The van der Waals surface area contributed by atoms with Crippen molar-refractivity contribution in [1.29, 1.82) is 0 Å². The zero-order chi connectivity index (χ0) is 7.68. The molecule has 0 saturated carbocycles. The highest BCUT2D eigenvalue weighted by Gasteiger charge is 1.95. The summed E-state index contributed by atoms with van der Waals surface area (Å²) in [5.74, 6) is 0. The molecular weight excluding hydrogens is 156 g/mol. The molecule has 56 valence electrons. The van der Waals surface area contributed by atoms with E-state index in [0.29, 0.717) is 6.54 Å². The van der Waals surface area contributed by atoms with Crippen molar-refractivity contribution in [2.75, 3.05) is 0 Å². The van der Waals surface area contributed by atoms with E-state index in [1.54, 1.807) is 11.3 Å². The minimum atomic E-state index is 0.522. The maximum absolute atomic E-state index is 5.45. The molecule has 0 aromatic carbocycles. The highest BCUT2D eigenvalue weighted by molar-refractivity contribution is 7.17. The molecule has 2 rings (SSSR count). The number of hydrogen-bond donors (Lipinski definition) is 1. The molecule has 0 aliphatic carbocycles. The highest BCUT2D eigenvalue weighted by atomic mass is 32.1. The molecule has 3 heteroatoms. The van der Waals surface area contributed by atoms with Gasteiger partial charge in [-0.2, -0.15) is 0 Å². The molecule has 2 N–H and O–H groups in total. The first-order valence-corrected chi connectivity index (χ1v) is 4.30. The van der Waals surface area contributed by atoms with Crippen LogP contribution in [0.4, 0.5) is 0 Å². The number of aromatic nitrogens is 1.